The Balaban J connectivity index is 1.87. The molecule has 1 fully saturated rings. The second-order valence-corrected chi connectivity index (χ2v) is 6.02. The van der Waals surface area contributed by atoms with Gasteiger partial charge in [-0.3, -0.25) is 9.57 Å². The first-order chi connectivity index (χ1) is 9.13. The minimum atomic E-state index is -0.228. The largest absolute Gasteiger partial charge is 0.444 e. The molecule has 2 heterocycles. The lowest BCUT2D eigenvalue weighted by molar-refractivity contribution is 0.150. The molecule has 5 heteroatoms. The van der Waals surface area contributed by atoms with Crippen LogP contribution in [-0.2, 0) is 17.6 Å². The van der Waals surface area contributed by atoms with Crippen LogP contribution in [0.25, 0.3) is 0 Å². The summed E-state index contributed by atoms with van der Waals surface area (Å²) in [5, 5.41) is 0. The molecule has 0 N–H and O–H groups in total. The monoisotopic (exact) mass is 278 g/mol. The predicted octanol–water partition coefficient (Wildman–Crippen LogP) is 2.22. The average molecular weight is 278 g/mol. The molecule has 2 aliphatic rings. The molecule has 0 saturated carbocycles. The topological polar surface area (TPSA) is 32.8 Å². The van der Waals surface area contributed by atoms with Crippen LogP contribution in [-0.4, -0.2) is 36.5 Å². The van der Waals surface area contributed by atoms with Gasteiger partial charge in [0.25, 0.3) is 0 Å². The number of nitrogens with zero attached hydrogens (tertiary/aromatic N) is 2. The maximum absolute atomic E-state index is 11.8. The van der Waals surface area contributed by atoms with Crippen LogP contribution in [0.1, 0.15) is 18.1 Å². The lowest BCUT2D eigenvalue weighted by atomic mass is 10.0. The zero-order chi connectivity index (χ0) is 13.4. The third kappa shape index (κ3) is 2.60. The standard InChI is InChI=1S/C14H19N2O2P/c1-10-9-16(14(17)18-10)13-3-2-11-4-6-15(19)7-5-12(11)8-13/h2-3,8,10H,4-7,9,19H2,1H3. The molecule has 1 aromatic carbocycles. The number of anilines is 1. The molecule has 2 unspecified atom stereocenters. The summed E-state index contributed by atoms with van der Waals surface area (Å²) in [4.78, 5) is 13.5. The molecule has 0 radical (unpaired) electrons. The van der Waals surface area contributed by atoms with Crippen molar-refractivity contribution < 1.29 is 9.53 Å². The van der Waals surface area contributed by atoms with E-state index in [1.807, 2.05) is 13.0 Å². The summed E-state index contributed by atoms with van der Waals surface area (Å²) in [6.07, 6.45) is 1.85. The molecular weight excluding hydrogens is 259 g/mol. The van der Waals surface area contributed by atoms with Crippen molar-refractivity contribution in [2.75, 3.05) is 24.5 Å². The first kappa shape index (κ1) is 12.9. The average Bonchev–Trinajstić information content (AvgIpc) is 2.61. The van der Waals surface area contributed by atoms with Gasteiger partial charge in [0.2, 0.25) is 0 Å². The minimum absolute atomic E-state index is 0.0196. The summed E-state index contributed by atoms with van der Waals surface area (Å²) in [6.45, 7) is 4.68. The Hall–Kier alpha value is -1.12. The van der Waals surface area contributed by atoms with Crippen molar-refractivity contribution in [2.24, 2.45) is 0 Å². The Morgan fingerprint density at radius 2 is 2.00 bits per heavy atom. The fraction of sp³-hybridized carbons (Fsp3) is 0.500. The number of fused-ring (bicyclic) bond motifs is 1. The SMILES string of the molecule is CC1CN(c2ccc3c(c2)CCN(P)CC3)C(=O)O1. The van der Waals surface area contributed by atoms with Crippen molar-refractivity contribution in [3.05, 3.63) is 29.3 Å². The zero-order valence-electron chi connectivity index (χ0n) is 11.1. The highest BCUT2D eigenvalue weighted by Gasteiger charge is 2.29. The van der Waals surface area contributed by atoms with Gasteiger partial charge in [-0.25, -0.2) is 4.79 Å². The lowest BCUT2D eigenvalue weighted by Crippen LogP contribution is -2.24. The van der Waals surface area contributed by atoms with Crippen molar-refractivity contribution in [1.82, 2.24) is 4.67 Å². The second-order valence-electron chi connectivity index (χ2n) is 5.29. The van der Waals surface area contributed by atoms with Crippen LogP contribution in [0.15, 0.2) is 18.2 Å². The molecule has 19 heavy (non-hydrogen) atoms. The number of carbonyl (C=O) groups excluding carboxylic acids is 1. The van der Waals surface area contributed by atoms with Gasteiger partial charge in [-0.1, -0.05) is 15.5 Å². The maximum Gasteiger partial charge on any atom is 0.414 e. The van der Waals surface area contributed by atoms with E-state index in [1.165, 1.54) is 11.1 Å². The molecule has 0 aromatic heterocycles. The lowest BCUT2D eigenvalue weighted by Gasteiger charge is -2.15. The number of rotatable bonds is 1. The van der Waals surface area contributed by atoms with Crippen LogP contribution in [0.5, 0.6) is 0 Å². The Kier molecular flexibility index (Phi) is 3.46. The summed E-state index contributed by atoms with van der Waals surface area (Å²) in [5.74, 6) is 0. The van der Waals surface area contributed by atoms with Gasteiger partial charge in [0.15, 0.2) is 0 Å². The molecule has 1 aromatic rings. The van der Waals surface area contributed by atoms with Crippen LogP contribution in [0.2, 0.25) is 0 Å². The van der Waals surface area contributed by atoms with Crippen molar-refractivity contribution in [2.45, 2.75) is 25.9 Å². The summed E-state index contributed by atoms with van der Waals surface area (Å²) < 4.78 is 7.46. The molecular formula is C14H19N2O2P. The van der Waals surface area contributed by atoms with Gasteiger partial charge in [0.05, 0.1) is 6.54 Å². The van der Waals surface area contributed by atoms with Crippen molar-refractivity contribution in [3.63, 3.8) is 0 Å². The highest BCUT2D eigenvalue weighted by atomic mass is 31.0. The van der Waals surface area contributed by atoms with Gasteiger partial charge in [-0.15, -0.1) is 0 Å². The minimum Gasteiger partial charge on any atom is -0.444 e. The maximum atomic E-state index is 11.8. The quantitative estimate of drug-likeness (QED) is 0.738. The predicted molar refractivity (Wildman–Crippen MR) is 78.4 cm³/mol. The van der Waals surface area contributed by atoms with E-state index >= 15 is 0 Å². The highest BCUT2D eigenvalue weighted by Crippen LogP contribution is 2.26. The van der Waals surface area contributed by atoms with Crippen LogP contribution in [0.3, 0.4) is 0 Å². The van der Waals surface area contributed by atoms with Crippen LogP contribution in [0, 0.1) is 0 Å². The normalized spacial score (nSPS) is 24.0. The number of ether oxygens (including phenoxy) is 1. The first-order valence-corrected chi connectivity index (χ1v) is 7.25. The molecule has 3 rings (SSSR count). The van der Waals surface area contributed by atoms with Gasteiger partial charge < -0.3 is 4.74 Å². The van der Waals surface area contributed by atoms with E-state index in [1.54, 1.807) is 4.90 Å². The molecule has 4 nitrogen and oxygen atoms in total. The molecule has 0 bridgehead atoms. The second kappa shape index (κ2) is 5.10. The zero-order valence-corrected chi connectivity index (χ0v) is 12.3. The van der Waals surface area contributed by atoms with Crippen LogP contribution in [0.4, 0.5) is 10.5 Å². The van der Waals surface area contributed by atoms with E-state index in [0.717, 1.165) is 31.6 Å². The van der Waals surface area contributed by atoms with E-state index in [0.29, 0.717) is 6.54 Å². The van der Waals surface area contributed by atoms with Crippen molar-refractivity contribution in [1.29, 1.82) is 0 Å². The number of benzene rings is 1. The Morgan fingerprint density at radius 3 is 2.68 bits per heavy atom. The highest BCUT2D eigenvalue weighted by molar-refractivity contribution is 7.13. The van der Waals surface area contributed by atoms with E-state index in [9.17, 15) is 4.79 Å². The van der Waals surface area contributed by atoms with E-state index < -0.39 is 0 Å². The van der Waals surface area contributed by atoms with Gasteiger partial charge in [0.1, 0.15) is 6.10 Å². The van der Waals surface area contributed by atoms with E-state index in [2.05, 4.69) is 26.2 Å². The van der Waals surface area contributed by atoms with E-state index in [4.69, 9.17) is 4.74 Å². The Labute approximate surface area is 116 Å². The number of amides is 1. The fourth-order valence-electron chi connectivity index (χ4n) is 2.71. The van der Waals surface area contributed by atoms with Gasteiger partial charge in [-0.05, 0) is 43.0 Å². The van der Waals surface area contributed by atoms with Gasteiger partial charge >= 0.3 is 6.09 Å². The number of cyclic esters (lactones) is 1. The van der Waals surface area contributed by atoms with E-state index in [-0.39, 0.29) is 12.2 Å². The van der Waals surface area contributed by atoms with Gasteiger partial charge in [0, 0.05) is 18.8 Å². The summed E-state index contributed by atoms with van der Waals surface area (Å²) in [7, 11) is 2.78. The van der Waals surface area contributed by atoms with Crippen LogP contribution >= 0.6 is 9.39 Å². The molecule has 1 amide bonds. The third-order valence-corrected chi connectivity index (χ3v) is 4.32. The van der Waals surface area contributed by atoms with Gasteiger partial charge in [-0.2, -0.15) is 0 Å². The number of hydrogen-bond acceptors (Lipinski definition) is 3. The Morgan fingerprint density at radius 1 is 1.26 bits per heavy atom. The number of hydrogen-bond donors (Lipinski definition) is 0. The van der Waals surface area contributed by atoms with Crippen molar-refractivity contribution >= 4 is 21.2 Å². The Bertz CT molecular complexity index is 506. The fourth-order valence-corrected chi connectivity index (χ4v) is 2.97. The van der Waals surface area contributed by atoms with Crippen molar-refractivity contribution in [3.8, 4) is 0 Å². The number of carbonyl (C=O) groups is 1. The molecule has 0 spiro atoms. The molecule has 1 saturated heterocycles. The van der Waals surface area contributed by atoms with Crippen LogP contribution < -0.4 is 4.90 Å². The smallest absolute Gasteiger partial charge is 0.414 e. The summed E-state index contributed by atoms with van der Waals surface area (Å²) >= 11 is 0. The summed E-state index contributed by atoms with van der Waals surface area (Å²) in [5.41, 5.74) is 3.72. The molecule has 0 aliphatic carbocycles. The molecule has 102 valence electrons. The molecule has 2 atom stereocenters. The third-order valence-electron chi connectivity index (χ3n) is 3.80. The molecule has 2 aliphatic heterocycles. The first-order valence-electron chi connectivity index (χ1n) is 6.73. The summed E-state index contributed by atoms with van der Waals surface area (Å²) in [6, 6.07) is 6.35.